The third-order valence-corrected chi connectivity index (χ3v) is 3.54. The van der Waals surface area contributed by atoms with Gasteiger partial charge in [0.2, 0.25) is 0 Å². The molecule has 0 aromatic heterocycles. The molecule has 0 amide bonds. The number of rotatable bonds is 5. The SMILES string of the molecule is COc1cccc([C@H](C)NC(C)c2ccc(O)cc2F)c1. The average Bonchev–Trinajstić information content (AvgIpc) is 2.47. The van der Waals surface area contributed by atoms with Crippen molar-refractivity contribution in [3.63, 3.8) is 0 Å². The maximum atomic E-state index is 13.9. The molecule has 0 spiro atoms. The van der Waals surface area contributed by atoms with E-state index in [0.717, 1.165) is 17.4 Å². The van der Waals surface area contributed by atoms with Gasteiger partial charge in [0.25, 0.3) is 0 Å². The molecule has 2 aromatic rings. The van der Waals surface area contributed by atoms with Crippen molar-refractivity contribution in [3.05, 3.63) is 59.4 Å². The van der Waals surface area contributed by atoms with Crippen LogP contribution in [0.3, 0.4) is 0 Å². The molecule has 0 aliphatic rings. The second kappa shape index (κ2) is 6.59. The van der Waals surface area contributed by atoms with Crippen molar-refractivity contribution < 1.29 is 14.2 Å². The van der Waals surface area contributed by atoms with Crippen LogP contribution in [0.2, 0.25) is 0 Å². The third-order valence-electron chi connectivity index (χ3n) is 3.54. The van der Waals surface area contributed by atoms with Gasteiger partial charge in [0, 0.05) is 23.7 Å². The minimum atomic E-state index is -0.409. The molecule has 0 saturated heterocycles. The number of phenolic OH excluding ortho intramolecular Hbond substituents is 1. The number of aromatic hydroxyl groups is 1. The van der Waals surface area contributed by atoms with Crippen LogP contribution in [-0.4, -0.2) is 12.2 Å². The number of phenols is 1. The first kappa shape index (κ1) is 15.3. The average molecular weight is 289 g/mol. The number of benzene rings is 2. The standard InChI is InChI=1S/C17H20FNO2/c1-11(13-5-4-6-15(9-13)21-3)19-12(2)16-8-7-14(20)10-17(16)18/h4-12,19-20H,1-3H3/t11-,12?/m0/s1. The number of ether oxygens (including phenoxy) is 1. The second-order valence-corrected chi connectivity index (χ2v) is 5.09. The molecule has 0 aliphatic carbocycles. The Morgan fingerprint density at radius 2 is 1.86 bits per heavy atom. The summed E-state index contributed by atoms with van der Waals surface area (Å²) in [5.41, 5.74) is 1.60. The van der Waals surface area contributed by atoms with Crippen molar-refractivity contribution in [3.8, 4) is 11.5 Å². The summed E-state index contributed by atoms with van der Waals surface area (Å²) in [6.07, 6.45) is 0. The fourth-order valence-corrected chi connectivity index (χ4v) is 2.34. The van der Waals surface area contributed by atoms with Gasteiger partial charge in [0.1, 0.15) is 17.3 Å². The summed E-state index contributed by atoms with van der Waals surface area (Å²) in [5, 5.41) is 12.6. The number of methoxy groups -OCH3 is 1. The van der Waals surface area contributed by atoms with Crippen molar-refractivity contribution in [2.75, 3.05) is 7.11 Å². The van der Waals surface area contributed by atoms with E-state index in [2.05, 4.69) is 5.32 Å². The van der Waals surface area contributed by atoms with Gasteiger partial charge in [0.05, 0.1) is 7.11 Å². The molecule has 2 aromatic carbocycles. The Hall–Kier alpha value is -2.07. The smallest absolute Gasteiger partial charge is 0.131 e. The van der Waals surface area contributed by atoms with Gasteiger partial charge in [-0.25, -0.2) is 4.39 Å². The summed E-state index contributed by atoms with van der Waals surface area (Å²) < 4.78 is 19.1. The van der Waals surface area contributed by atoms with Crippen molar-refractivity contribution in [1.82, 2.24) is 5.32 Å². The molecule has 21 heavy (non-hydrogen) atoms. The van der Waals surface area contributed by atoms with Crippen LogP contribution >= 0.6 is 0 Å². The van der Waals surface area contributed by atoms with Gasteiger partial charge in [-0.2, -0.15) is 0 Å². The maximum absolute atomic E-state index is 13.9. The highest BCUT2D eigenvalue weighted by Crippen LogP contribution is 2.25. The molecular weight excluding hydrogens is 269 g/mol. The number of hydrogen-bond donors (Lipinski definition) is 2. The lowest BCUT2D eigenvalue weighted by molar-refractivity contribution is 0.412. The molecule has 0 aliphatic heterocycles. The Morgan fingerprint density at radius 3 is 2.52 bits per heavy atom. The summed E-state index contributed by atoms with van der Waals surface area (Å²) in [5.74, 6) is 0.321. The zero-order valence-electron chi connectivity index (χ0n) is 12.4. The van der Waals surface area contributed by atoms with Gasteiger partial charge in [0.15, 0.2) is 0 Å². The minimum absolute atomic E-state index is 0.0447. The quantitative estimate of drug-likeness (QED) is 0.875. The first-order valence-corrected chi connectivity index (χ1v) is 6.89. The molecule has 4 heteroatoms. The number of hydrogen-bond acceptors (Lipinski definition) is 3. The highest BCUT2D eigenvalue weighted by molar-refractivity contribution is 5.32. The maximum Gasteiger partial charge on any atom is 0.131 e. The highest BCUT2D eigenvalue weighted by Gasteiger charge is 2.15. The normalized spacial score (nSPS) is 13.7. The fourth-order valence-electron chi connectivity index (χ4n) is 2.34. The second-order valence-electron chi connectivity index (χ2n) is 5.09. The zero-order valence-corrected chi connectivity index (χ0v) is 12.4. The van der Waals surface area contributed by atoms with Gasteiger partial charge in [-0.05, 0) is 37.6 Å². The Balaban J connectivity index is 2.12. The fraction of sp³-hybridized carbons (Fsp3) is 0.294. The number of halogens is 1. The zero-order chi connectivity index (χ0) is 15.4. The first-order valence-electron chi connectivity index (χ1n) is 6.89. The molecule has 0 bridgehead atoms. The van der Waals surface area contributed by atoms with Crippen molar-refractivity contribution >= 4 is 0 Å². The summed E-state index contributed by atoms with van der Waals surface area (Å²) in [7, 11) is 1.63. The van der Waals surface area contributed by atoms with Crippen LogP contribution in [0.15, 0.2) is 42.5 Å². The molecule has 0 fully saturated rings. The van der Waals surface area contributed by atoms with Gasteiger partial charge in [-0.1, -0.05) is 18.2 Å². The highest BCUT2D eigenvalue weighted by atomic mass is 19.1. The van der Waals surface area contributed by atoms with Gasteiger partial charge < -0.3 is 15.2 Å². The third kappa shape index (κ3) is 3.73. The van der Waals surface area contributed by atoms with Crippen LogP contribution < -0.4 is 10.1 Å². The Bertz CT molecular complexity index is 615. The summed E-state index contributed by atoms with van der Waals surface area (Å²) in [6, 6.07) is 11.9. The Morgan fingerprint density at radius 1 is 1.10 bits per heavy atom. The van der Waals surface area contributed by atoms with Crippen LogP contribution in [-0.2, 0) is 0 Å². The predicted octanol–water partition coefficient (Wildman–Crippen LogP) is 3.95. The predicted molar refractivity (Wildman–Crippen MR) is 81.0 cm³/mol. The Labute approximate surface area is 124 Å². The van der Waals surface area contributed by atoms with Gasteiger partial charge >= 0.3 is 0 Å². The van der Waals surface area contributed by atoms with Crippen molar-refractivity contribution in [1.29, 1.82) is 0 Å². The summed E-state index contributed by atoms with van der Waals surface area (Å²) in [4.78, 5) is 0. The monoisotopic (exact) mass is 289 g/mol. The molecule has 0 radical (unpaired) electrons. The molecule has 2 rings (SSSR count). The van der Waals surface area contributed by atoms with E-state index < -0.39 is 5.82 Å². The van der Waals surface area contributed by atoms with Crippen LogP contribution in [0, 0.1) is 5.82 Å². The van der Waals surface area contributed by atoms with Crippen LogP contribution in [0.25, 0.3) is 0 Å². The topological polar surface area (TPSA) is 41.5 Å². The lowest BCUT2D eigenvalue weighted by atomic mass is 10.0. The molecule has 0 heterocycles. The van der Waals surface area contributed by atoms with E-state index in [4.69, 9.17) is 4.74 Å². The van der Waals surface area contributed by atoms with Gasteiger partial charge in [-0.15, -0.1) is 0 Å². The van der Waals surface area contributed by atoms with E-state index in [0.29, 0.717) is 5.56 Å². The van der Waals surface area contributed by atoms with Crippen LogP contribution in [0.1, 0.15) is 37.1 Å². The Kier molecular flexibility index (Phi) is 4.81. The molecule has 0 saturated carbocycles. The molecule has 3 nitrogen and oxygen atoms in total. The van der Waals surface area contributed by atoms with E-state index in [1.165, 1.54) is 6.07 Å². The molecule has 2 N–H and O–H groups in total. The van der Waals surface area contributed by atoms with Gasteiger partial charge in [-0.3, -0.25) is 0 Å². The van der Waals surface area contributed by atoms with E-state index in [1.54, 1.807) is 13.2 Å². The van der Waals surface area contributed by atoms with Crippen molar-refractivity contribution in [2.45, 2.75) is 25.9 Å². The minimum Gasteiger partial charge on any atom is -0.508 e. The molecule has 112 valence electrons. The summed E-state index contributed by atoms with van der Waals surface area (Å²) >= 11 is 0. The van der Waals surface area contributed by atoms with E-state index in [-0.39, 0.29) is 17.8 Å². The van der Waals surface area contributed by atoms with E-state index >= 15 is 0 Å². The summed E-state index contributed by atoms with van der Waals surface area (Å²) in [6.45, 7) is 3.91. The van der Waals surface area contributed by atoms with E-state index in [1.807, 2.05) is 38.1 Å². The molecule has 2 atom stereocenters. The lowest BCUT2D eigenvalue weighted by Gasteiger charge is -2.21. The van der Waals surface area contributed by atoms with Crippen molar-refractivity contribution in [2.24, 2.45) is 0 Å². The first-order chi connectivity index (χ1) is 10.0. The lowest BCUT2D eigenvalue weighted by Crippen LogP contribution is -2.23. The molecular formula is C17H20FNO2. The number of nitrogens with one attached hydrogen (secondary N) is 1. The van der Waals surface area contributed by atoms with Crippen LogP contribution in [0.4, 0.5) is 4.39 Å². The van der Waals surface area contributed by atoms with Crippen LogP contribution in [0.5, 0.6) is 11.5 Å². The van der Waals surface area contributed by atoms with E-state index in [9.17, 15) is 9.50 Å². The molecule has 1 unspecified atom stereocenters. The largest absolute Gasteiger partial charge is 0.508 e.